The molecule has 0 fully saturated rings. The molecule has 0 heterocycles. The first-order valence-electron chi connectivity index (χ1n) is 1.00. The van der Waals surface area contributed by atoms with E-state index < -0.39 is 0 Å². The summed E-state index contributed by atoms with van der Waals surface area (Å²) in [4.78, 5) is 0. The van der Waals surface area contributed by atoms with Crippen molar-refractivity contribution in [3.05, 3.63) is 0 Å². The molecule has 0 spiro atoms. The van der Waals surface area contributed by atoms with Crippen LogP contribution in [0.15, 0.2) is 0 Å². The van der Waals surface area contributed by atoms with Crippen LogP contribution in [-0.4, -0.2) is 0 Å². The maximum atomic E-state index is 2.00. The predicted octanol–water partition coefficient (Wildman–Crippen LogP) is 2.30. The molecule has 1 radical (unpaired) electrons. The fourth-order valence-electron chi connectivity index (χ4n) is 0. The first kappa shape index (κ1) is 33.6. The molecular formula is C4H14Tb. The van der Waals surface area contributed by atoms with Gasteiger partial charge in [0.05, 0.1) is 0 Å². The Morgan fingerprint density at radius 1 is 0.800 bits per heavy atom. The molecule has 0 aliphatic rings. The molecule has 0 aliphatic carbocycles. The fraction of sp³-hybridized carbons (Fsp3) is 1.00. The maximum absolute atomic E-state index is 2.00. The van der Waals surface area contributed by atoms with E-state index in [1.165, 1.54) is 0 Å². The van der Waals surface area contributed by atoms with Crippen LogP contribution in [-0.2, 0) is 0 Å². The van der Waals surface area contributed by atoms with Crippen molar-refractivity contribution in [2.75, 3.05) is 0 Å². The molecule has 0 nitrogen and oxygen atoms in total. The minimum atomic E-state index is 0. The zero-order valence-corrected chi connectivity index (χ0v) is 4.47. The topological polar surface area (TPSA) is 0 Å². The van der Waals surface area contributed by atoms with Gasteiger partial charge >= 0.3 is 0 Å². The Morgan fingerprint density at radius 3 is 0.800 bits per heavy atom. The van der Waals surface area contributed by atoms with Gasteiger partial charge in [-0.25, -0.2) is 0 Å². The van der Waals surface area contributed by atoms with Gasteiger partial charge in [0.15, 0.2) is 0 Å². The smallest absolute Gasteiger partial charge is 0 e. The molecule has 5 heavy (non-hydrogen) atoms. The van der Waals surface area contributed by atoms with E-state index in [-0.39, 0.29) is 53.5 Å². The third-order valence-corrected chi connectivity index (χ3v) is 0. The van der Waals surface area contributed by atoms with Crippen LogP contribution in [0.1, 0.15) is 28.7 Å². The average Bonchev–Trinajstić information content (AvgIpc) is 1.00. The van der Waals surface area contributed by atoms with E-state index in [1.54, 1.807) is 0 Å². The third kappa shape index (κ3) is 34.5. The van der Waals surface area contributed by atoms with Crippen LogP contribution < -0.4 is 0 Å². The summed E-state index contributed by atoms with van der Waals surface area (Å²) in [5, 5.41) is 0. The second kappa shape index (κ2) is 58.7. The van der Waals surface area contributed by atoms with E-state index in [2.05, 4.69) is 0 Å². The van der Waals surface area contributed by atoms with Crippen LogP contribution in [0.4, 0.5) is 0 Å². The largest absolute Gasteiger partial charge is 0.0776 e. The molecular weight excluding hydrogens is 207 g/mol. The molecule has 39 valence electrons. The predicted molar refractivity (Wildman–Crippen MR) is 24.8 cm³/mol. The molecule has 0 N–H and O–H groups in total. The van der Waals surface area contributed by atoms with Crippen molar-refractivity contribution in [2.45, 2.75) is 28.7 Å². The molecule has 0 aromatic carbocycles. The van der Waals surface area contributed by atoms with E-state index in [0.29, 0.717) is 0 Å². The summed E-state index contributed by atoms with van der Waals surface area (Å²) in [7, 11) is 0. The first-order chi connectivity index (χ1) is 1.00. The Bertz CT molecular complexity index is 3.61. The van der Waals surface area contributed by atoms with Gasteiger partial charge in [-0.1, -0.05) is 28.7 Å². The Labute approximate surface area is 66.8 Å². The van der Waals surface area contributed by atoms with Crippen molar-refractivity contribution < 1.29 is 38.6 Å². The van der Waals surface area contributed by atoms with E-state index >= 15 is 0 Å². The second-order valence-electron chi connectivity index (χ2n) is 0. The molecule has 0 unspecified atom stereocenters. The summed E-state index contributed by atoms with van der Waals surface area (Å²) in [5.74, 6) is 0. The fourth-order valence-corrected chi connectivity index (χ4v) is 0. The monoisotopic (exact) mass is 221 g/mol. The SMILES string of the molecule is C.C.CC.[Tb]. The minimum Gasteiger partial charge on any atom is -0.0776 e. The zero-order valence-electron chi connectivity index (χ0n) is 2.33. The van der Waals surface area contributed by atoms with Gasteiger partial charge in [-0.2, -0.15) is 0 Å². The van der Waals surface area contributed by atoms with E-state index in [4.69, 9.17) is 0 Å². The van der Waals surface area contributed by atoms with Crippen molar-refractivity contribution in [3.63, 3.8) is 0 Å². The van der Waals surface area contributed by atoms with Crippen LogP contribution in [0.2, 0.25) is 0 Å². The van der Waals surface area contributed by atoms with Crippen LogP contribution in [0.25, 0.3) is 0 Å². The summed E-state index contributed by atoms with van der Waals surface area (Å²) >= 11 is 0. The van der Waals surface area contributed by atoms with Crippen LogP contribution >= 0.6 is 0 Å². The Kier molecular flexibility index (Phi) is 395. The molecule has 0 amide bonds. The third-order valence-electron chi connectivity index (χ3n) is 0. The van der Waals surface area contributed by atoms with Crippen molar-refractivity contribution >= 4 is 0 Å². The van der Waals surface area contributed by atoms with E-state index in [1.807, 2.05) is 13.8 Å². The molecule has 0 saturated carbocycles. The quantitative estimate of drug-likeness (QED) is 0.588. The van der Waals surface area contributed by atoms with Gasteiger partial charge in [0.25, 0.3) is 0 Å². The van der Waals surface area contributed by atoms with Gasteiger partial charge < -0.3 is 0 Å². The number of hydrogen-bond donors (Lipinski definition) is 0. The first-order valence-corrected chi connectivity index (χ1v) is 1.00. The summed E-state index contributed by atoms with van der Waals surface area (Å²) in [6.45, 7) is 4.00. The van der Waals surface area contributed by atoms with Gasteiger partial charge in [-0.15, -0.1) is 0 Å². The van der Waals surface area contributed by atoms with Gasteiger partial charge in [0, 0.05) is 38.6 Å². The van der Waals surface area contributed by atoms with Crippen molar-refractivity contribution in [2.24, 2.45) is 0 Å². The van der Waals surface area contributed by atoms with Crippen LogP contribution in [0.5, 0.6) is 0 Å². The molecule has 0 aromatic heterocycles. The van der Waals surface area contributed by atoms with E-state index in [0.717, 1.165) is 0 Å². The van der Waals surface area contributed by atoms with Gasteiger partial charge in [0.1, 0.15) is 0 Å². The van der Waals surface area contributed by atoms with Gasteiger partial charge in [0.2, 0.25) is 0 Å². The summed E-state index contributed by atoms with van der Waals surface area (Å²) in [6.07, 6.45) is 0. The molecule has 0 aliphatic heterocycles. The summed E-state index contributed by atoms with van der Waals surface area (Å²) < 4.78 is 0. The van der Waals surface area contributed by atoms with Crippen molar-refractivity contribution in [1.82, 2.24) is 0 Å². The Balaban J connectivity index is -0.00000000167. The zero-order chi connectivity index (χ0) is 2.00. The Morgan fingerprint density at radius 2 is 0.800 bits per heavy atom. The molecule has 0 rings (SSSR count). The summed E-state index contributed by atoms with van der Waals surface area (Å²) in [5.41, 5.74) is 0. The van der Waals surface area contributed by atoms with Gasteiger partial charge in [-0.05, 0) is 0 Å². The van der Waals surface area contributed by atoms with E-state index in [9.17, 15) is 0 Å². The second-order valence-corrected chi connectivity index (χ2v) is 0. The van der Waals surface area contributed by atoms with Crippen molar-refractivity contribution in [1.29, 1.82) is 0 Å². The van der Waals surface area contributed by atoms with Crippen LogP contribution in [0, 0.1) is 38.6 Å². The molecule has 0 saturated heterocycles. The minimum absolute atomic E-state index is 0. The van der Waals surface area contributed by atoms with Crippen molar-refractivity contribution in [3.8, 4) is 0 Å². The standard InChI is InChI=1S/C2H6.2CH4.Tb/c1-2;;;/h1-2H3;2*1H4;. The molecule has 1 heteroatoms. The molecule has 0 bridgehead atoms. The number of hydrogen-bond acceptors (Lipinski definition) is 0. The molecule has 0 atom stereocenters. The van der Waals surface area contributed by atoms with Crippen LogP contribution in [0.3, 0.4) is 0 Å². The van der Waals surface area contributed by atoms with Gasteiger partial charge in [-0.3, -0.25) is 0 Å². The number of rotatable bonds is 0. The Hall–Kier alpha value is 1.29. The molecule has 0 aromatic rings. The maximum Gasteiger partial charge on any atom is 0 e. The normalized spacial score (nSPS) is 1.20. The summed E-state index contributed by atoms with van der Waals surface area (Å²) in [6, 6.07) is 0. The average molecular weight is 221 g/mol.